The molecule has 0 fully saturated rings. The Kier molecular flexibility index (Phi) is 2.78. The number of nitrogens with one attached hydrogen (secondary N) is 1. The number of likely N-dealkylation sites (N-methyl/N-ethyl adjacent to an activating group) is 1. The molecular formula is C11H14F3NS. The molecule has 0 radical (unpaired) electrons. The van der Waals surface area contributed by atoms with Gasteiger partial charge in [0.15, 0.2) is 0 Å². The number of fused-ring (bicyclic) bond motifs is 1. The van der Waals surface area contributed by atoms with Crippen LogP contribution in [-0.2, 0) is 19.0 Å². The minimum Gasteiger partial charge on any atom is -0.314 e. The summed E-state index contributed by atoms with van der Waals surface area (Å²) in [4.78, 5) is 0.903. The predicted molar refractivity (Wildman–Crippen MR) is 58.8 cm³/mol. The number of thiophene rings is 1. The minimum atomic E-state index is -4.21. The van der Waals surface area contributed by atoms with Crippen molar-refractivity contribution in [2.45, 2.75) is 37.9 Å². The zero-order valence-corrected chi connectivity index (χ0v) is 10.1. The van der Waals surface area contributed by atoms with Crippen molar-refractivity contribution in [2.75, 3.05) is 7.05 Å². The monoisotopic (exact) mass is 249 g/mol. The van der Waals surface area contributed by atoms with Gasteiger partial charge in [0.1, 0.15) is 0 Å². The van der Waals surface area contributed by atoms with Crippen LogP contribution in [0.1, 0.15) is 29.3 Å². The van der Waals surface area contributed by atoms with Crippen LogP contribution < -0.4 is 5.32 Å². The lowest BCUT2D eigenvalue weighted by Crippen LogP contribution is -2.44. The third-order valence-corrected chi connectivity index (χ3v) is 4.45. The molecule has 16 heavy (non-hydrogen) atoms. The number of rotatable bonds is 1. The van der Waals surface area contributed by atoms with Gasteiger partial charge in [-0.1, -0.05) is 0 Å². The summed E-state index contributed by atoms with van der Waals surface area (Å²) in [6.45, 7) is 1.98. The van der Waals surface area contributed by atoms with Crippen molar-refractivity contribution in [3.8, 4) is 0 Å². The molecule has 1 heterocycles. The van der Waals surface area contributed by atoms with Crippen LogP contribution in [0, 0.1) is 0 Å². The van der Waals surface area contributed by atoms with Crippen molar-refractivity contribution in [3.05, 3.63) is 21.4 Å². The molecule has 0 aliphatic heterocycles. The van der Waals surface area contributed by atoms with Crippen LogP contribution in [0.25, 0.3) is 0 Å². The van der Waals surface area contributed by atoms with Crippen molar-refractivity contribution in [2.24, 2.45) is 0 Å². The molecule has 5 heteroatoms. The van der Waals surface area contributed by atoms with E-state index in [9.17, 15) is 13.2 Å². The van der Waals surface area contributed by atoms with Gasteiger partial charge in [-0.3, -0.25) is 0 Å². The lowest BCUT2D eigenvalue weighted by Gasteiger charge is -2.34. The molecular weight excluding hydrogens is 235 g/mol. The lowest BCUT2D eigenvalue weighted by atomic mass is 9.81. The fourth-order valence-corrected chi connectivity index (χ4v) is 3.23. The van der Waals surface area contributed by atoms with Crippen LogP contribution in [-0.4, -0.2) is 12.6 Å². The first kappa shape index (κ1) is 11.9. The van der Waals surface area contributed by atoms with Gasteiger partial charge in [-0.25, -0.2) is 0 Å². The molecule has 0 aromatic carbocycles. The van der Waals surface area contributed by atoms with Gasteiger partial charge in [0.25, 0.3) is 0 Å². The van der Waals surface area contributed by atoms with E-state index < -0.39 is 11.7 Å². The molecule has 0 saturated heterocycles. The van der Waals surface area contributed by atoms with E-state index in [2.05, 4.69) is 5.32 Å². The molecule has 1 aromatic rings. The Morgan fingerprint density at radius 3 is 2.69 bits per heavy atom. The van der Waals surface area contributed by atoms with E-state index in [1.807, 2.05) is 14.0 Å². The molecule has 0 spiro atoms. The third-order valence-electron chi connectivity index (χ3n) is 3.36. The summed E-state index contributed by atoms with van der Waals surface area (Å²) in [5.41, 5.74) is -0.136. The first-order chi connectivity index (χ1) is 7.36. The quantitative estimate of drug-likeness (QED) is 0.805. The summed E-state index contributed by atoms with van der Waals surface area (Å²) < 4.78 is 38.3. The molecule has 1 nitrogen and oxygen atoms in total. The summed E-state index contributed by atoms with van der Waals surface area (Å²) in [5.74, 6) is 0. The molecule has 1 aromatic heterocycles. The smallest absolute Gasteiger partial charge is 0.314 e. The van der Waals surface area contributed by atoms with Crippen LogP contribution in [0.15, 0.2) is 5.38 Å². The van der Waals surface area contributed by atoms with E-state index in [1.165, 1.54) is 16.7 Å². The van der Waals surface area contributed by atoms with E-state index >= 15 is 0 Å². The molecule has 0 bridgehead atoms. The highest BCUT2D eigenvalue weighted by atomic mass is 32.1. The van der Waals surface area contributed by atoms with Crippen molar-refractivity contribution in [1.29, 1.82) is 0 Å². The molecule has 1 aliphatic carbocycles. The Labute approximate surface area is 96.7 Å². The normalized spacial score (nSPS) is 25.6. The zero-order valence-electron chi connectivity index (χ0n) is 9.24. The van der Waals surface area contributed by atoms with Crippen molar-refractivity contribution in [1.82, 2.24) is 5.32 Å². The number of aryl methyl sites for hydroxylation is 1. The highest BCUT2D eigenvalue weighted by molar-refractivity contribution is 7.10. The average molecular weight is 249 g/mol. The second-order valence-corrected chi connectivity index (χ2v) is 5.50. The summed E-state index contributed by atoms with van der Waals surface area (Å²) in [6, 6.07) is 0. The van der Waals surface area contributed by atoms with Gasteiger partial charge in [-0.2, -0.15) is 13.2 Å². The van der Waals surface area contributed by atoms with Gasteiger partial charge >= 0.3 is 6.18 Å². The maximum atomic E-state index is 12.8. The van der Waals surface area contributed by atoms with Crippen LogP contribution in [0.5, 0.6) is 0 Å². The first-order valence-corrected chi connectivity index (χ1v) is 6.09. The standard InChI is InChI=1S/C11H14F3NS/c1-10(15-2)4-3-9-7(5-10)8(6-16-9)11(12,13)14/h6,15H,3-5H2,1-2H3. The first-order valence-electron chi connectivity index (χ1n) is 5.21. The van der Waals surface area contributed by atoms with Gasteiger partial charge in [0.05, 0.1) is 5.56 Å². The molecule has 1 N–H and O–H groups in total. The lowest BCUT2D eigenvalue weighted by molar-refractivity contribution is -0.138. The Hall–Kier alpha value is -0.550. The van der Waals surface area contributed by atoms with Gasteiger partial charge in [0.2, 0.25) is 0 Å². The second-order valence-electron chi connectivity index (χ2n) is 4.54. The predicted octanol–water partition coefficient (Wildman–Crippen LogP) is 3.23. The highest BCUT2D eigenvalue weighted by Crippen LogP contribution is 2.41. The van der Waals surface area contributed by atoms with Crippen molar-refractivity contribution < 1.29 is 13.2 Å². The number of hydrogen-bond acceptors (Lipinski definition) is 2. The molecule has 2 rings (SSSR count). The Balaban J connectivity index is 2.39. The van der Waals surface area contributed by atoms with Crippen LogP contribution in [0.4, 0.5) is 13.2 Å². The maximum Gasteiger partial charge on any atom is 0.417 e. The Morgan fingerprint density at radius 2 is 2.12 bits per heavy atom. The summed E-state index contributed by atoms with van der Waals surface area (Å²) >= 11 is 1.24. The number of alkyl halides is 3. The van der Waals surface area contributed by atoms with E-state index in [-0.39, 0.29) is 5.54 Å². The summed E-state index contributed by atoms with van der Waals surface area (Å²) in [5, 5.41) is 4.38. The highest BCUT2D eigenvalue weighted by Gasteiger charge is 2.39. The van der Waals surface area contributed by atoms with E-state index in [4.69, 9.17) is 0 Å². The summed E-state index contributed by atoms with van der Waals surface area (Å²) in [7, 11) is 1.81. The fourth-order valence-electron chi connectivity index (χ4n) is 2.15. The maximum absolute atomic E-state index is 12.8. The number of hydrogen-bond donors (Lipinski definition) is 1. The molecule has 0 saturated carbocycles. The minimum absolute atomic E-state index is 0.200. The van der Waals surface area contributed by atoms with Crippen LogP contribution in [0.2, 0.25) is 0 Å². The molecule has 1 atom stereocenters. The van der Waals surface area contributed by atoms with Crippen LogP contribution in [0.3, 0.4) is 0 Å². The van der Waals surface area contributed by atoms with Gasteiger partial charge < -0.3 is 5.32 Å². The topological polar surface area (TPSA) is 12.0 Å². The van der Waals surface area contributed by atoms with E-state index in [0.717, 1.165) is 17.7 Å². The SMILES string of the molecule is CNC1(C)CCc2scc(C(F)(F)F)c2C1. The van der Waals surface area contributed by atoms with Crippen molar-refractivity contribution in [3.63, 3.8) is 0 Å². The average Bonchev–Trinajstić information content (AvgIpc) is 2.59. The molecule has 90 valence electrons. The van der Waals surface area contributed by atoms with Gasteiger partial charge in [-0.15, -0.1) is 11.3 Å². The largest absolute Gasteiger partial charge is 0.417 e. The molecule has 1 aliphatic rings. The Bertz CT molecular complexity index is 396. The van der Waals surface area contributed by atoms with Gasteiger partial charge in [0, 0.05) is 15.8 Å². The summed E-state index contributed by atoms with van der Waals surface area (Å²) in [6.07, 6.45) is -2.10. The molecule has 0 amide bonds. The van der Waals surface area contributed by atoms with E-state index in [1.54, 1.807) is 0 Å². The number of halogens is 3. The second kappa shape index (κ2) is 3.74. The Morgan fingerprint density at radius 1 is 1.44 bits per heavy atom. The third kappa shape index (κ3) is 1.98. The van der Waals surface area contributed by atoms with Crippen LogP contribution >= 0.6 is 11.3 Å². The molecule has 1 unspecified atom stereocenters. The van der Waals surface area contributed by atoms with Gasteiger partial charge in [-0.05, 0) is 38.8 Å². The van der Waals surface area contributed by atoms with E-state index in [0.29, 0.717) is 12.0 Å². The zero-order chi connectivity index (χ0) is 12.0. The fraction of sp³-hybridized carbons (Fsp3) is 0.636. The van der Waals surface area contributed by atoms with Crippen molar-refractivity contribution >= 4 is 11.3 Å².